The molecule has 0 saturated heterocycles. The van der Waals surface area contributed by atoms with Gasteiger partial charge in [0.15, 0.2) is 0 Å². The number of amides is 1. The van der Waals surface area contributed by atoms with Crippen molar-refractivity contribution in [3.05, 3.63) is 24.3 Å². The van der Waals surface area contributed by atoms with E-state index in [1.165, 1.54) is 340 Å². The maximum Gasteiger partial charge on any atom is 0.305 e. The van der Waals surface area contributed by atoms with Crippen molar-refractivity contribution in [3.63, 3.8) is 0 Å². The van der Waals surface area contributed by atoms with E-state index in [1.807, 2.05) is 6.08 Å². The molecule has 2 atom stereocenters. The van der Waals surface area contributed by atoms with E-state index in [1.54, 1.807) is 6.08 Å². The molecule has 2 unspecified atom stereocenters. The molecule has 79 heavy (non-hydrogen) atoms. The van der Waals surface area contributed by atoms with Crippen LogP contribution in [0.15, 0.2) is 24.3 Å². The average Bonchev–Trinajstić information content (AvgIpc) is 3.45. The number of aliphatic hydroxyl groups excluding tert-OH is 2. The van der Waals surface area contributed by atoms with Crippen LogP contribution in [-0.4, -0.2) is 47.4 Å². The molecule has 0 fully saturated rings. The third-order valence-corrected chi connectivity index (χ3v) is 17.0. The Morgan fingerprint density at radius 1 is 0.342 bits per heavy atom. The van der Waals surface area contributed by atoms with Gasteiger partial charge in [0.2, 0.25) is 5.91 Å². The minimum absolute atomic E-state index is 0.0144. The number of ether oxygens (including phenoxy) is 1. The van der Waals surface area contributed by atoms with Crippen molar-refractivity contribution in [1.82, 2.24) is 5.32 Å². The summed E-state index contributed by atoms with van der Waals surface area (Å²) < 4.78 is 5.47. The van der Waals surface area contributed by atoms with E-state index in [0.29, 0.717) is 19.4 Å². The highest BCUT2D eigenvalue weighted by Crippen LogP contribution is 2.19. The van der Waals surface area contributed by atoms with Gasteiger partial charge < -0.3 is 20.3 Å². The van der Waals surface area contributed by atoms with Gasteiger partial charge in [-0.15, -0.1) is 0 Å². The monoisotopic (exact) mass is 1110 g/mol. The fraction of sp³-hybridized carbons (Fsp3) is 0.918. The van der Waals surface area contributed by atoms with E-state index in [9.17, 15) is 19.8 Å². The number of esters is 1. The molecule has 0 aliphatic heterocycles. The van der Waals surface area contributed by atoms with Crippen LogP contribution in [0.2, 0.25) is 0 Å². The highest BCUT2D eigenvalue weighted by molar-refractivity contribution is 5.76. The normalized spacial score (nSPS) is 12.6. The van der Waals surface area contributed by atoms with Crippen molar-refractivity contribution >= 4 is 11.9 Å². The Morgan fingerprint density at radius 2 is 0.595 bits per heavy atom. The molecule has 0 aromatic heterocycles. The predicted molar refractivity (Wildman–Crippen MR) is 347 cm³/mol. The summed E-state index contributed by atoms with van der Waals surface area (Å²) in [6.07, 6.45) is 86.9. The number of unbranched alkanes of at least 4 members (excludes halogenated alkanes) is 55. The van der Waals surface area contributed by atoms with Crippen molar-refractivity contribution in [3.8, 4) is 0 Å². The van der Waals surface area contributed by atoms with E-state index < -0.39 is 12.1 Å². The molecule has 0 radical (unpaired) electrons. The van der Waals surface area contributed by atoms with Crippen LogP contribution in [0.3, 0.4) is 0 Å². The van der Waals surface area contributed by atoms with Gasteiger partial charge in [0.25, 0.3) is 0 Å². The fourth-order valence-electron chi connectivity index (χ4n) is 11.5. The van der Waals surface area contributed by atoms with Crippen molar-refractivity contribution in [2.24, 2.45) is 0 Å². The Balaban J connectivity index is 3.42. The van der Waals surface area contributed by atoms with Gasteiger partial charge in [0.1, 0.15) is 0 Å². The summed E-state index contributed by atoms with van der Waals surface area (Å²) in [5.74, 6) is -0.0507. The fourth-order valence-corrected chi connectivity index (χ4v) is 11.5. The summed E-state index contributed by atoms with van der Waals surface area (Å²) in [7, 11) is 0. The van der Waals surface area contributed by atoms with Crippen molar-refractivity contribution in [2.45, 2.75) is 418 Å². The van der Waals surface area contributed by atoms with Gasteiger partial charge in [0.05, 0.1) is 25.4 Å². The van der Waals surface area contributed by atoms with Gasteiger partial charge in [-0.2, -0.15) is 0 Å². The Hall–Kier alpha value is -1.66. The summed E-state index contributed by atoms with van der Waals surface area (Å²) in [5.41, 5.74) is 0. The second-order valence-electron chi connectivity index (χ2n) is 24.9. The van der Waals surface area contributed by atoms with E-state index >= 15 is 0 Å². The lowest BCUT2D eigenvalue weighted by molar-refractivity contribution is -0.143. The SMILES string of the molecule is CCCCCCCCCCCCCCCCCCCCCCCCC/C=C/C(O)C(CO)NC(=O)CCCCCCCCCCCC/C=C\CCCCCCCCCCCCCCOC(=O)CCCCCCCCCCCCC. The highest BCUT2D eigenvalue weighted by Gasteiger charge is 2.18. The molecule has 1 amide bonds. The number of carbonyl (C=O) groups excluding carboxylic acids is 2. The first-order chi connectivity index (χ1) is 39.0. The first kappa shape index (κ1) is 77.3. The Morgan fingerprint density at radius 3 is 0.899 bits per heavy atom. The van der Waals surface area contributed by atoms with Gasteiger partial charge >= 0.3 is 5.97 Å². The quantitative estimate of drug-likeness (QED) is 0.0320. The Kier molecular flexibility index (Phi) is 67.4. The second-order valence-corrected chi connectivity index (χ2v) is 24.9. The molecule has 0 heterocycles. The van der Waals surface area contributed by atoms with Crippen LogP contribution in [0.1, 0.15) is 406 Å². The third kappa shape index (κ3) is 65.4. The van der Waals surface area contributed by atoms with Crippen molar-refractivity contribution in [1.29, 1.82) is 0 Å². The van der Waals surface area contributed by atoms with Crippen LogP contribution in [0.4, 0.5) is 0 Å². The van der Waals surface area contributed by atoms with E-state index in [2.05, 4.69) is 31.3 Å². The van der Waals surface area contributed by atoms with Crippen LogP contribution in [0, 0.1) is 0 Å². The molecule has 0 aromatic carbocycles. The third-order valence-electron chi connectivity index (χ3n) is 17.0. The number of rotatable bonds is 68. The molecule has 0 rings (SSSR count). The molecule has 6 nitrogen and oxygen atoms in total. The number of aliphatic hydroxyl groups is 2. The van der Waals surface area contributed by atoms with Gasteiger partial charge in [-0.3, -0.25) is 9.59 Å². The van der Waals surface area contributed by atoms with Crippen molar-refractivity contribution in [2.75, 3.05) is 13.2 Å². The maximum absolute atomic E-state index is 12.5. The molecule has 0 bridgehead atoms. The van der Waals surface area contributed by atoms with Crippen LogP contribution < -0.4 is 5.32 Å². The predicted octanol–water partition coefficient (Wildman–Crippen LogP) is 23.3. The van der Waals surface area contributed by atoms with Gasteiger partial charge in [-0.25, -0.2) is 0 Å². The minimum Gasteiger partial charge on any atom is -0.466 e. The highest BCUT2D eigenvalue weighted by atomic mass is 16.5. The number of allylic oxidation sites excluding steroid dienone is 3. The molecule has 0 aliphatic rings. The zero-order valence-electron chi connectivity index (χ0n) is 53.6. The lowest BCUT2D eigenvalue weighted by Gasteiger charge is -2.20. The first-order valence-electron chi connectivity index (χ1n) is 36.1. The lowest BCUT2D eigenvalue weighted by atomic mass is 10.0. The molecule has 0 aromatic rings. The zero-order valence-corrected chi connectivity index (χ0v) is 53.6. The number of nitrogens with one attached hydrogen (secondary N) is 1. The minimum atomic E-state index is -0.847. The summed E-state index contributed by atoms with van der Waals surface area (Å²) in [5, 5.41) is 23.3. The summed E-state index contributed by atoms with van der Waals surface area (Å²) in [4.78, 5) is 24.5. The first-order valence-corrected chi connectivity index (χ1v) is 36.1. The smallest absolute Gasteiger partial charge is 0.305 e. The lowest BCUT2D eigenvalue weighted by Crippen LogP contribution is -2.45. The topological polar surface area (TPSA) is 95.9 Å². The molecule has 0 saturated carbocycles. The largest absolute Gasteiger partial charge is 0.466 e. The van der Waals surface area contributed by atoms with Crippen LogP contribution in [-0.2, 0) is 14.3 Å². The van der Waals surface area contributed by atoms with Crippen LogP contribution >= 0.6 is 0 Å². The molecule has 6 heteroatoms. The number of hydrogen-bond acceptors (Lipinski definition) is 5. The van der Waals surface area contributed by atoms with Crippen LogP contribution in [0.5, 0.6) is 0 Å². The molecular weight excluding hydrogens is 971 g/mol. The van der Waals surface area contributed by atoms with E-state index in [0.717, 1.165) is 38.5 Å². The zero-order chi connectivity index (χ0) is 57.1. The second kappa shape index (κ2) is 68.8. The Labute approximate surface area is 494 Å². The van der Waals surface area contributed by atoms with E-state index in [-0.39, 0.29) is 18.5 Å². The molecule has 3 N–H and O–H groups in total. The average molecular weight is 1110 g/mol. The molecule has 0 spiro atoms. The van der Waals surface area contributed by atoms with Crippen LogP contribution in [0.25, 0.3) is 0 Å². The Bertz CT molecular complexity index is 1230. The van der Waals surface area contributed by atoms with Gasteiger partial charge in [0, 0.05) is 12.8 Å². The van der Waals surface area contributed by atoms with E-state index in [4.69, 9.17) is 4.74 Å². The molecular formula is C73H141NO5. The summed E-state index contributed by atoms with van der Waals surface area (Å²) >= 11 is 0. The summed E-state index contributed by atoms with van der Waals surface area (Å²) in [6, 6.07) is -0.630. The summed E-state index contributed by atoms with van der Waals surface area (Å²) in [6.45, 7) is 4.94. The molecule has 0 aliphatic carbocycles. The maximum atomic E-state index is 12.5. The van der Waals surface area contributed by atoms with Gasteiger partial charge in [-0.1, -0.05) is 359 Å². The standard InChI is InChI=1S/C73H141NO5/c1-3-5-7-9-11-13-15-16-17-18-19-20-21-24-27-30-33-36-39-42-46-49-53-57-61-65-71(76)70(69-75)74-72(77)66-62-58-54-50-47-43-40-37-34-31-28-25-22-23-26-29-32-35-38-41-44-48-52-56-60-64-68-79-73(78)67-63-59-55-51-45-14-12-10-8-6-4-2/h22,25,61,65,70-71,75-76H,3-21,23-24,26-60,62-64,66-69H2,1-2H3,(H,74,77)/b25-22-,65-61+. The number of hydrogen-bond donors (Lipinski definition) is 3. The van der Waals surface area contributed by atoms with Gasteiger partial charge in [-0.05, 0) is 57.8 Å². The van der Waals surface area contributed by atoms with Crippen molar-refractivity contribution < 1.29 is 24.5 Å². The number of carbonyl (C=O) groups is 2. The molecule has 468 valence electrons.